The highest BCUT2D eigenvalue weighted by Gasteiger charge is 2.61. The third-order valence-electron chi connectivity index (χ3n) is 7.06. The molecular formula is C26H20N2O3. The van der Waals surface area contributed by atoms with E-state index in [9.17, 15) is 14.4 Å². The number of amides is 2. The number of ketones is 1. The van der Waals surface area contributed by atoms with Crippen molar-refractivity contribution in [1.29, 1.82) is 0 Å². The molecule has 3 aromatic rings. The van der Waals surface area contributed by atoms with Gasteiger partial charge in [0, 0.05) is 17.4 Å². The Morgan fingerprint density at radius 3 is 1.68 bits per heavy atom. The molecule has 5 heteroatoms. The summed E-state index contributed by atoms with van der Waals surface area (Å²) in [5.74, 6) is -1.75. The average molecular weight is 408 g/mol. The van der Waals surface area contributed by atoms with Gasteiger partial charge in [-0.15, -0.1) is 0 Å². The fraction of sp³-hybridized carbons (Fsp3) is 0.192. The molecule has 152 valence electrons. The van der Waals surface area contributed by atoms with Gasteiger partial charge in [0.1, 0.15) is 0 Å². The predicted octanol–water partition coefficient (Wildman–Crippen LogP) is 3.22. The first-order valence-corrected chi connectivity index (χ1v) is 10.5. The first-order chi connectivity index (χ1) is 15.1. The maximum Gasteiger partial charge on any atom is 0.238 e. The Morgan fingerprint density at radius 1 is 0.742 bits per heavy atom. The highest BCUT2D eigenvalue weighted by Crippen LogP contribution is 2.61. The van der Waals surface area contributed by atoms with Gasteiger partial charge < -0.3 is 5.73 Å². The molecule has 3 aliphatic carbocycles. The van der Waals surface area contributed by atoms with E-state index in [1.54, 1.807) is 24.3 Å². The lowest BCUT2D eigenvalue weighted by Gasteiger charge is -2.45. The molecule has 4 aliphatic rings. The van der Waals surface area contributed by atoms with Crippen LogP contribution in [0, 0.1) is 11.8 Å². The Morgan fingerprint density at radius 2 is 1.23 bits per heavy atom. The molecule has 0 saturated carbocycles. The van der Waals surface area contributed by atoms with Gasteiger partial charge in [-0.25, -0.2) is 4.90 Å². The Kier molecular flexibility index (Phi) is 3.80. The number of carbonyl (C=O) groups is 3. The van der Waals surface area contributed by atoms with Crippen LogP contribution in [0.2, 0.25) is 0 Å². The minimum Gasteiger partial charge on any atom is -0.324 e. The van der Waals surface area contributed by atoms with Gasteiger partial charge in [0.25, 0.3) is 0 Å². The van der Waals surface area contributed by atoms with Gasteiger partial charge in [0.05, 0.1) is 24.1 Å². The predicted molar refractivity (Wildman–Crippen MR) is 116 cm³/mol. The molecule has 5 nitrogen and oxygen atoms in total. The summed E-state index contributed by atoms with van der Waals surface area (Å²) in [4.78, 5) is 40.8. The first-order valence-electron chi connectivity index (χ1n) is 10.5. The summed E-state index contributed by atoms with van der Waals surface area (Å²) in [7, 11) is 0. The summed E-state index contributed by atoms with van der Waals surface area (Å²) in [6, 6.07) is 23.0. The number of nitrogens with two attached hydrogens (primary N) is 1. The van der Waals surface area contributed by atoms with Gasteiger partial charge in [0.2, 0.25) is 11.8 Å². The summed E-state index contributed by atoms with van der Waals surface area (Å²) < 4.78 is 0. The number of nitrogens with zero attached hydrogens (tertiary/aromatic N) is 1. The van der Waals surface area contributed by atoms with Crippen molar-refractivity contribution >= 4 is 23.3 Å². The average Bonchev–Trinajstić information content (AvgIpc) is 3.09. The van der Waals surface area contributed by atoms with Crippen LogP contribution in [-0.4, -0.2) is 24.1 Å². The number of anilines is 1. The van der Waals surface area contributed by atoms with Crippen LogP contribution in [0.25, 0.3) is 0 Å². The van der Waals surface area contributed by atoms with Crippen molar-refractivity contribution in [3.05, 3.63) is 101 Å². The number of hydrogen-bond donors (Lipinski definition) is 1. The number of benzene rings is 3. The number of rotatable bonds is 3. The second kappa shape index (κ2) is 6.46. The van der Waals surface area contributed by atoms with Gasteiger partial charge >= 0.3 is 0 Å². The van der Waals surface area contributed by atoms with Crippen LogP contribution in [0.5, 0.6) is 0 Å². The smallest absolute Gasteiger partial charge is 0.238 e. The van der Waals surface area contributed by atoms with Crippen LogP contribution in [0.15, 0.2) is 72.8 Å². The third-order valence-corrected chi connectivity index (χ3v) is 7.06. The van der Waals surface area contributed by atoms with E-state index in [1.807, 2.05) is 24.3 Å². The topological polar surface area (TPSA) is 80.5 Å². The zero-order valence-electron chi connectivity index (χ0n) is 16.7. The van der Waals surface area contributed by atoms with Gasteiger partial charge in [-0.05, 0) is 34.4 Å². The molecule has 2 atom stereocenters. The summed E-state index contributed by atoms with van der Waals surface area (Å²) in [6.45, 7) is -0.120. The van der Waals surface area contributed by atoms with Gasteiger partial charge in [-0.2, -0.15) is 0 Å². The molecule has 2 N–H and O–H groups in total. The van der Waals surface area contributed by atoms with Crippen molar-refractivity contribution in [3.8, 4) is 0 Å². The third kappa shape index (κ3) is 2.32. The lowest BCUT2D eigenvalue weighted by molar-refractivity contribution is -0.122. The minimum absolute atomic E-state index is 0.120. The molecule has 1 saturated heterocycles. The van der Waals surface area contributed by atoms with E-state index in [4.69, 9.17) is 5.73 Å². The quantitative estimate of drug-likeness (QED) is 0.533. The highest BCUT2D eigenvalue weighted by atomic mass is 16.2. The Hall–Kier alpha value is -3.57. The van der Waals surface area contributed by atoms with Crippen molar-refractivity contribution in [1.82, 2.24) is 0 Å². The summed E-state index contributed by atoms with van der Waals surface area (Å²) in [6.07, 6.45) is 0. The van der Waals surface area contributed by atoms with Gasteiger partial charge in [0.15, 0.2) is 5.78 Å². The normalized spacial score (nSPS) is 25.3. The summed E-state index contributed by atoms with van der Waals surface area (Å²) >= 11 is 0. The van der Waals surface area contributed by atoms with Crippen molar-refractivity contribution < 1.29 is 14.4 Å². The van der Waals surface area contributed by atoms with Crippen molar-refractivity contribution in [2.24, 2.45) is 17.6 Å². The molecule has 0 spiro atoms. The van der Waals surface area contributed by atoms with Crippen LogP contribution in [0.1, 0.15) is 44.4 Å². The lowest BCUT2D eigenvalue weighted by Crippen LogP contribution is -2.41. The zero-order valence-corrected chi connectivity index (χ0v) is 16.7. The maximum absolute atomic E-state index is 13.7. The molecule has 31 heavy (non-hydrogen) atoms. The molecule has 3 aromatic carbocycles. The zero-order chi connectivity index (χ0) is 21.3. The Balaban J connectivity index is 1.51. The molecular weight excluding hydrogens is 388 g/mol. The lowest BCUT2D eigenvalue weighted by atomic mass is 9.55. The van der Waals surface area contributed by atoms with Gasteiger partial charge in [-0.1, -0.05) is 60.7 Å². The van der Waals surface area contributed by atoms with Crippen molar-refractivity contribution in [2.45, 2.75) is 11.8 Å². The number of Topliss-reactive ketones (excluding diaryl/α,β-unsaturated/α-hetero) is 1. The Bertz CT molecular complexity index is 1170. The highest BCUT2D eigenvalue weighted by molar-refractivity contribution is 6.23. The van der Waals surface area contributed by atoms with Crippen LogP contribution < -0.4 is 10.6 Å². The number of carbonyl (C=O) groups excluding carboxylic acids is 3. The Labute approximate surface area is 179 Å². The molecule has 2 amide bonds. The summed E-state index contributed by atoms with van der Waals surface area (Å²) in [5, 5.41) is 0. The second-order valence-corrected chi connectivity index (χ2v) is 8.45. The first kappa shape index (κ1) is 18.2. The van der Waals surface area contributed by atoms with Crippen molar-refractivity contribution in [2.75, 3.05) is 11.4 Å². The molecule has 1 aliphatic heterocycles. The van der Waals surface area contributed by atoms with E-state index in [2.05, 4.69) is 24.3 Å². The molecule has 1 heterocycles. The molecule has 2 bridgehead atoms. The molecule has 2 unspecified atom stereocenters. The molecule has 0 radical (unpaired) electrons. The van der Waals surface area contributed by atoms with Crippen LogP contribution >= 0.6 is 0 Å². The number of imide groups is 1. The van der Waals surface area contributed by atoms with E-state index in [0.717, 1.165) is 22.3 Å². The second-order valence-electron chi connectivity index (χ2n) is 8.45. The van der Waals surface area contributed by atoms with Crippen LogP contribution in [0.4, 0.5) is 5.69 Å². The van der Waals surface area contributed by atoms with E-state index in [-0.39, 0.29) is 36.0 Å². The molecule has 7 rings (SSSR count). The monoisotopic (exact) mass is 408 g/mol. The fourth-order valence-corrected chi connectivity index (χ4v) is 5.87. The molecule has 1 fully saturated rings. The van der Waals surface area contributed by atoms with E-state index in [1.165, 1.54) is 4.90 Å². The fourth-order valence-electron chi connectivity index (χ4n) is 5.87. The van der Waals surface area contributed by atoms with E-state index in [0.29, 0.717) is 11.3 Å². The maximum atomic E-state index is 13.7. The van der Waals surface area contributed by atoms with Crippen LogP contribution in [0.3, 0.4) is 0 Å². The standard InChI is InChI=1S/C26H20N2O3/c27-13-20(29)14-6-5-7-15(12-14)28-25(30)23-21-16-8-1-2-9-17(16)22(24(23)26(28)31)19-11-4-3-10-18(19)21/h1-12,21-24H,13,27H2. The SMILES string of the molecule is NCC(=O)c1cccc(N2C(=O)C3C4c5ccccc5C(c5ccccc54)C3C2=O)c1. The van der Waals surface area contributed by atoms with Crippen LogP contribution in [-0.2, 0) is 9.59 Å². The van der Waals surface area contributed by atoms with E-state index >= 15 is 0 Å². The van der Waals surface area contributed by atoms with E-state index < -0.39 is 11.8 Å². The largest absolute Gasteiger partial charge is 0.324 e. The van der Waals surface area contributed by atoms with Gasteiger partial charge in [-0.3, -0.25) is 14.4 Å². The van der Waals surface area contributed by atoms with Crippen molar-refractivity contribution in [3.63, 3.8) is 0 Å². The number of hydrogen-bond acceptors (Lipinski definition) is 4. The summed E-state index contributed by atoms with van der Waals surface area (Å²) in [5.41, 5.74) is 10.9. The molecule has 0 aromatic heterocycles. The minimum atomic E-state index is -0.434.